The molecule has 3 atom stereocenters. The molecule has 22 heavy (non-hydrogen) atoms. The summed E-state index contributed by atoms with van der Waals surface area (Å²) in [6.45, 7) is 5.00. The van der Waals surface area contributed by atoms with Crippen molar-refractivity contribution in [1.29, 1.82) is 0 Å². The summed E-state index contributed by atoms with van der Waals surface area (Å²) in [7, 11) is -3.55. The van der Waals surface area contributed by atoms with Gasteiger partial charge in [0.25, 0.3) is 0 Å². The third kappa shape index (κ3) is 4.56. The minimum atomic E-state index is -3.55. The Kier molecular flexibility index (Phi) is 7.06. The van der Waals surface area contributed by atoms with Crippen LogP contribution in [0.3, 0.4) is 0 Å². The zero-order valence-corrected chi connectivity index (χ0v) is 13.7. The van der Waals surface area contributed by atoms with E-state index in [0.29, 0.717) is 0 Å². The molecule has 0 aromatic heterocycles. The average Bonchev–Trinajstić information content (AvgIpc) is 2.42. The maximum atomic E-state index is 12.7. The van der Waals surface area contributed by atoms with Gasteiger partial charge in [-0.2, -0.15) is 0 Å². The van der Waals surface area contributed by atoms with Crippen LogP contribution in [0.15, 0.2) is 16.5 Å². The molecule has 1 rings (SSSR count). The molecule has 10 heteroatoms. The van der Waals surface area contributed by atoms with Gasteiger partial charge in [0.2, 0.25) is 5.91 Å². The molecule has 124 valence electrons. The molecule has 0 saturated carbocycles. The topological polar surface area (TPSA) is 134 Å². The van der Waals surface area contributed by atoms with Crippen molar-refractivity contribution in [2.75, 3.05) is 13.2 Å². The highest BCUT2D eigenvalue weighted by Crippen LogP contribution is 2.58. The van der Waals surface area contributed by atoms with Gasteiger partial charge >= 0.3 is 7.60 Å². The predicted octanol–water partition coefficient (Wildman–Crippen LogP) is 2.08. The number of amides is 1. The number of rotatable bonds is 7. The van der Waals surface area contributed by atoms with Crippen molar-refractivity contribution in [3.8, 4) is 0 Å². The fourth-order valence-electron chi connectivity index (χ4n) is 2.28. The Morgan fingerprint density at radius 2 is 2.14 bits per heavy atom. The summed E-state index contributed by atoms with van der Waals surface area (Å²) < 4.78 is 23.2. The number of azide groups is 1. The third-order valence-electron chi connectivity index (χ3n) is 3.08. The summed E-state index contributed by atoms with van der Waals surface area (Å²) >= 11 is 0. The first kappa shape index (κ1) is 18.7. The molecule has 1 aliphatic carbocycles. The van der Waals surface area contributed by atoms with Crippen LogP contribution in [0, 0.1) is 0 Å². The van der Waals surface area contributed by atoms with Gasteiger partial charge in [-0.3, -0.25) is 9.36 Å². The SMILES string of the molecule is CCOP(=O)(OCC)C1=C[C@H](O)[C@H](NC(C)=O)[C@@H](N=[N+]=[N-])C1. The van der Waals surface area contributed by atoms with Crippen LogP contribution >= 0.6 is 7.60 Å². The fraction of sp³-hybridized carbons (Fsp3) is 0.750. The second kappa shape index (κ2) is 8.31. The first-order valence-corrected chi connectivity index (χ1v) is 8.52. The number of carbonyl (C=O) groups is 1. The summed E-state index contributed by atoms with van der Waals surface area (Å²) in [4.78, 5) is 13.9. The van der Waals surface area contributed by atoms with Crippen LogP contribution in [0.2, 0.25) is 0 Å². The van der Waals surface area contributed by atoms with Crippen LogP contribution in [0.5, 0.6) is 0 Å². The molecule has 0 radical (unpaired) electrons. The maximum Gasteiger partial charge on any atom is 0.357 e. The van der Waals surface area contributed by atoms with Crippen molar-refractivity contribution in [2.45, 2.75) is 45.4 Å². The largest absolute Gasteiger partial charge is 0.387 e. The Bertz CT molecular complexity index is 522. The van der Waals surface area contributed by atoms with Crippen LogP contribution < -0.4 is 5.32 Å². The normalized spacial score (nSPS) is 25.1. The minimum absolute atomic E-state index is 0.0728. The lowest BCUT2D eigenvalue weighted by Crippen LogP contribution is -2.50. The molecular formula is C12H21N4O5P. The lowest BCUT2D eigenvalue weighted by atomic mass is 9.94. The van der Waals surface area contributed by atoms with E-state index in [0.717, 1.165) is 0 Å². The molecule has 0 bridgehead atoms. The summed E-state index contributed by atoms with van der Waals surface area (Å²) in [5, 5.41) is 16.5. The predicted molar refractivity (Wildman–Crippen MR) is 80.1 cm³/mol. The van der Waals surface area contributed by atoms with Gasteiger partial charge in [-0.1, -0.05) is 5.11 Å². The van der Waals surface area contributed by atoms with Crippen LogP contribution in [-0.2, 0) is 18.4 Å². The molecule has 1 aliphatic rings. The van der Waals surface area contributed by atoms with Crippen LogP contribution in [0.1, 0.15) is 27.2 Å². The molecule has 9 nitrogen and oxygen atoms in total. The van der Waals surface area contributed by atoms with Gasteiger partial charge in [0.15, 0.2) is 0 Å². The maximum absolute atomic E-state index is 12.7. The highest BCUT2D eigenvalue weighted by Gasteiger charge is 2.40. The third-order valence-corrected chi connectivity index (χ3v) is 5.32. The van der Waals surface area contributed by atoms with Gasteiger partial charge < -0.3 is 19.5 Å². The minimum Gasteiger partial charge on any atom is -0.387 e. The van der Waals surface area contributed by atoms with Gasteiger partial charge in [-0.05, 0) is 31.9 Å². The Labute approximate surface area is 128 Å². The van der Waals surface area contributed by atoms with E-state index in [1.54, 1.807) is 13.8 Å². The number of carbonyl (C=O) groups excluding carboxylic acids is 1. The molecular weight excluding hydrogens is 311 g/mol. The molecule has 0 unspecified atom stereocenters. The second-order valence-electron chi connectivity index (χ2n) is 4.68. The number of aliphatic hydroxyl groups excluding tert-OH is 1. The monoisotopic (exact) mass is 332 g/mol. The van der Waals surface area contributed by atoms with E-state index in [2.05, 4.69) is 15.3 Å². The van der Waals surface area contributed by atoms with E-state index in [1.165, 1.54) is 13.0 Å². The summed E-state index contributed by atoms with van der Waals surface area (Å²) in [6, 6.07) is -1.56. The van der Waals surface area contributed by atoms with Crippen LogP contribution in [0.4, 0.5) is 0 Å². The second-order valence-corrected chi connectivity index (χ2v) is 6.77. The quantitative estimate of drug-likeness (QED) is 0.318. The van der Waals surface area contributed by atoms with Crippen molar-refractivity contribution in [3.63, 3.8) is 0 Å². The molecule has 0 heterocycles. The lowest BCUT2D eigenvalue weighted by Gasteiger charge is -2.34. The van der Waals surface area contributed by atoms with E-state index in [1.807, 2.05) is 0 Å². The van der Waals surface area contributed by atoms with E-state index in [4.69, 9.17) is 14.6 Å². The van der Waals surface area contributed by atoms with Crippen molar-refractivity contribution in [1.82, 2.24) is 5.32 Å². The van der Waals surface area contributed by atoms with Crippen molar-refractivity contribution >= 4 is 13.5 Å². The molecule has 0 spiro atoms. The Hall–Kier alpha value is -1.37. The Morgan fingerprint density at radius 3 is 2.59 bits per heavy atom. The zero-order valence-electron chi connectivity index (χ0n) is 12.8. The molecule has 0 fully saturated rings. The first-order chi connectivity index (χ1) is 10.4. The van der Waals surface area contributed by atoms with Crippen molar-refractivity contribution in [2.24, 2.45) is 5.11 Å². The standard InChI is InChI=1S/C12H21N4O5P/c1-4-20-22(19,21-5-2)9-6-10(15-16-13)12(11(18)7-9)14-8(3)17/h7,10-12,18H,4-6H2,1-3H3,(H,14,17)/t10-,11-,12+/m0/s1. The first-order valence-electron chi connectivity index (χ1n) is 6.97. The molecule has 0 saturated heterocycles. The van der Waals surface area contributed by atoms with E-state index in [-0.39, 0.29) is 30.9 Å². The lowest BCUT2D eigenvalue weighted by molar-refractivity contribution is -0.120. The van der Waals surface area contributed by atoms with Crippen LogP contribution in [0.25, 0.3) is 10.4 Å². The number of nitrogens with zero attached hydrogens (tertiary/aromatic N) is 3. The Morgan fingerprint density at radius 1 is 1.55 bits per heavy atom. The van der Waals surface area contributed by atoms with Gasteiger partial charge in [0.05, 0.1) is 31.4 Å². The smallest absolute Gasteiger partial charge is 0.357 e. The fourth-order valence-corrected chi connectivity index (χ4v) is 4.11. The highest BCUT2D eigenvalue weighted by atomic mass is 31.2. The number of hydrogen-bond acceptors (Lipinski definition) is 6. The molecule has 0 aliphatic heterocycles. The van der Waals surface area contributed by atoms with E-state index < -0.39 is 25.8 Å². The van der Waals surface area contributed by atoms with Crippen molar-refractivity contribution in [3.05, 3.63) is 21.8 Å². The van der Waals surface area contributed by atoms with Gasteiger partial charge in [0, 0.05) is 17.1 Å². The van der Waals surface area contributed by atoms with Gasteiger partial charge in [-0.15, -0.1) is 0 Å². The highest BCUT2D eigenvalue weighted by molar-refractivity contribution is 7.58. The van der Waals surface area contributed by atoms with Gasteiger partial charge in [-0.25, -0.2) is 0 Å². The number of nitrogens with one attached hydrogen (secondary N) is 1. The van der Waals surface area contributed by atoms with E-state index in [9.17, 15) is 14.5 Å². The Balaban J connectivity index is 3.15. The molecule has 0 aromatic rings. The molecule has 2 N–H and O–H groups in total. The molecule has 1 amide bonds. The van der Waals surface area contributed by atoms with Crippen LogP contribution in [-0.4, -0.2) is 42.4 Å². The summed E-state index contributed by atoms with van der Waals surface area (Å²) in [6.07, 6.45) is 0.261. The van der Waals surface area contributed by atoms with E-state index >= 15 is 0 Å². The van der Waals surface area contributed by atoms with Crippen molar-refractivity contribution < 1.29 is 23.5 Å². The van der Waals surface area contributed by atoms with Gasteiger partial charge in [0.1, 0.15) is 0 Å². The average molecular weight is 332 g/mol. The number of aliphatic hydroxyl groups is 1. The summed E-state index contributed by atoms with van der Waals surface area (Å²) in [5.41, 5.74) is 8.67. The summed E-state index contributed by atoms with van der Waals surface area (Å²) in [5.74, 6) is -0.364. The molecule has 0 aromatic carbocycles. The zero-order chi connectivity index (χ0) is 16.8. The number of hydrogen-bond donors (Lipinski definition) is 2.